The molecule has 2 aliphatic rings. The highest BCUT2D eigenvalue weighted by Gasteiger charge is 2.38. The number of hydrogen-bond donors (Lipinski definition) is 1. The monoisotopic (exact) mass is 385 g/mol. The van der Waals surface area contributed by atoms with Gasteiger partial charge < -0.3 is 15.5 Å². The van der Waals surface area contributed by atoms with Gasteiger partial charge >= 0.3 is 6.18 Å². The van der Waals surface area contributed by atoms with Crippen molar-refractivity contribution >= 4 is 11.8 Å². The predicted octanol–water partition coefficient (Wildman–Crippen LogP) is 1.11. The maximum atomic E-state index is 13.0. The van der Waals surface area contributed by atoms with Gasteiger partial charge in [0.05, 0.1) is 12.2 Å². The molecule has 0 spiro atoms. The Morgan fingerprint density at radius 2 is 2.00 bits per heavy atom. The molecule has 2 aliphatic heterocycles. The Morgan fingerprint density at radius 1 is 1.22 bits per heavy atom. The maximum absolute atomic E-state index is 13.0. The molecule has 0 unspecified atom stereocenters. The number of aromatic nitrogens is 2. The van der Waals surface area contributed by atoms with Gasteiger partial charge in [-0.1, -0.05) is 0 Å². The molecular formula is C17H22F3N5O2. The molecule has 1 aromatic heterocycles. The van der Waals surface area contributed by atoms with Crippen LogP contribution in [0.5, 0.6) is 0 Å². The third kappa shape index (κ3) is 4.55. The Labute approximate surface area is 154 Å². The largest absolute Gasteiger partial charge is 0.433 e. The second-order valence-electron chi connectivity index (χ2n) is 6.97. The van der Waals surface area contributed by atoms with Crippen LogP contribution in [0.2, 0.25) is 0 Å². The first-order chi connectivity index (χ1) is 12.8. The Kier molecular flexibility index (Phi) is 5.64. The first kappa shape index (κ1) is 19.5. The first-order valence-electron chi connectivity index (χ1n) is 8.96. The third-order valence-corrected chi connectivity index (χ3v) is 4.94. The molecule has 0 bridgehead atoms. The van der Waals surface area contributed by atoms with Crippen LogP contribution in [-0.2, 0) is 28.7 Å². The van der Waals surface area contributed by atoms with E-state index in [1.807, 2.05) is 0 Å². The fourth-order valence-electron chi connectivity index (χ4n) is 3.57. The van der Waals surface area contributed by atoms with E-state index in [0.29, 0.717) is 19.5 Å². The van der Waals surface area contributed by atoms with Gasteiger partial charge in [-0.15, -0.1) is 0 Å². The first-order valence-corrected chi connectivity index (χ1v) is 8.96. The van der Waals surface area contributed by atoms with Crippen molar-refractivity contribution in [2.45, 2.75) is 50.9 Å². The highest BCUT2D eigenvalue weighted by atomic mass is 19.4. The van der Waals surface area contributed by atoms with Crippen LogP contribution in [0.4, 0.5) is 13.2 Å². The van der Waals surface area contributed by atoms with Gasteiger partial charge in [-0.2, -0.15) is 13.2 Å². The van der Waals surface area contributed by atoms with Crippen LogP contribution in [-0.4, -0.2) is 57.3 Å². The molecule has 1 aromatic rings. The van der Waals surface area contributed by atoms with Crippen molar-refractivity contribution in [3.63, 3.8) is 0 Å². The van der Waals surface area contributed by atoms with E-state index in [1.54, 1.807) is 4.90 Å². The molecule has 3 heterocycles. The molecular weight excluding hydrogens is 363 g/mol. The average molecular weight is 385 g/mol. The van der Waals surface area contributed by atoms with Gasteiger partial charge in [-0.25, -0.2) is 9.97 Å². The highest BCUT2D eigenvalue weighted by molar-refractivity contribution is 5.78. The molecule has 1 fully saturated rings. The number of hydrogen-bond acceptors (Lipinski definition) is 5. The molecule has 148 valence electrons. The number of likely N-dealkylation sites (tertiary alicyclic amines) is 1. The Morgan fingerprint density at radius 3 is 2.70 bits per heavy atom. The highest BCUT2D eigenvalue weighted by Crippen LogP contribution is 2.33. The number of rotatable bonds is 4. The van der Waals surface area contributed by atoms with Crippen molar-refractivity contribution in [1.82, 2.24) is 19.8 Å². The van der Waals surface area contributed by atoms with Gasteiger partial charge in [-0.3, -0.25) is 9.59 Å². The normalized spacial score (nSPS) is 19.0. The maximum Gasteiger partial charge on any atom is 0.433 e. The zero-order valence-corrected chi connectivity index (χ0v) is 14.8. The Bertz CT molecular complexity index is 725. The second kappa shape index (κ2) is 7.79. The number of alkyl halides is 3. The minimum atomic E-state index is -4.54. The SMILES string of the molecule is N[C@@H](CC(=O)N1CCc2c(ncnc2C(F)(F)F)C1)CN1CCCCC1=O. The number of piperidine rings is 1. The van der Waals surface area contributed by atoms with E-state index in [4.69, 9.17) is 5.73 Å². The van der Waals surface area contributed by atoms with Crippen LogP contribution in [0.3, 0.4) is 0 Å². The third-order valence-electron chi connectivity index (χ3n) is 4.94. The van der Waals surface area contributed by atoms with Crippen LogP contribution in [0.25, 0.3) is 0 Å². The molecule has 1 saturated heterocycles. The van der Waals surface area contributed by atoms with Crippen LogP contribution < -0.4 is 5.73 Å². The fourth-order valence-corrected chi connectivity index (χ4v) is 3.57. The predicted molar refractivity (Wildman–Crippen MR) is 89.2 cm³/mol. The van der Waals surface area contributed by atoms with E-state index in [9.17, 15) is 22.8 Å². The lowest BCUT2D eigenvalue weighted by atomic mass is 10.0. The van der Waals surface area contributed by atoms with E-state index in [0.717, 1.165) is 19.2 Å². The zero-order valence-electron chi connectivity index (χ0n) is 14.8. The summed E-state index contributed by atoms with van der Waals surface area (Å²) in [6.07, 6.45) is -1.27. The Hall–Kier alpha value is -2.23. The molecule has 0 saturated carbocycles. The summed E-state index contributed by atoms with van der Waals surface area (Å²) in [4.78, 5) is 34.8. The lowest BCUT2D eigenvalue weighted by molar-refractivity contribution is -0.142. The molecule has 0 radical (unpaired) electrons. The van der Waals surface area contributed by atoms with Gasteiger partial charge in [0.25, 0.3) is 0 Å². The number of carbonyl (C=O) groups excluding carboxylic acids is 2. The lowest BCUT2D eigenvalue weighted by Crippen LogP contribution is -2.46. The summed E-state index contributed by atoms with van der Waals surface area (Å²) in [5, 5.41) is 0. The van der Waals surface area contributed by atoms with Crippen molar-refractivity contribution in [2.24, 2.45) is 5.73 Å². The lowest BCUT2D eigenvalue weighted by Gasteiger charge is -2.32. The summed E-state index contributed by atoms with van der Waals surface area (Å²) in [5.41, 5.74) is 5.38. The molecule has 10 heteroatoms. The summed E-state index contributed by atoms with van der Waals surface area (Å²) in [6.45, 7) is 1.14. The summed E-state index contributed by atoms with van der Waals surface area (Å²) in [6, 6.07) is -0.503. The van der Waals surface area contributed by atoms with Crippen LogP contribution >= 0.6 is 0 Å². The van der Waals surface area contributed by atoms with Crippen molar-refractivity contribution < 1.29 is 22.8 Å². The molecule has 2 N–H and O–H groups in total. The van der Waals surface area contributed by atoms with E-state index < -0.39 is 17.9 Å². The summed E-state index contributed by atoms with van der Waals surface area (Å²) in [5.74, 6) is -0.197. The summed E-state index contributed by atoms with van der Waals surface area (Å²) >= 11 is 0. The minimum absolute atomic E-state index is 0.00906. The van der Waals surface area contributed by atoms with Gasteiger partial charge in [0.1, 0.15) is 6.33 Å². The quantitative estimate of drug-likeness (QED) is 0.838. The van der Waals surface area contributed by atoms with Crippen molar-refractivity contribution in [3.05, 3.63) is 23.3 Å². The number of fused-ring (bicyclic) bond motifs is 1. The van der Waals surface area contributed by atoms with Crippen molar-refractivity contribution in [2.75, 3.05) is 19.6 Å². The van der Waals surface area contributed by atoms with Gasteiger partial charge in [0, 0.05) is 44.1 Å². The van der Waals surface area contributed by atoms with E-state index >= 15 is 0 Å². The molecule has 0 aromatic carbocycles. The summed E-state index contributed by atoms with van der Waals surface area (Å²) in [7, 11) is 0. The topological polar surface area (TPSA) is 92.4 Å². The van der Waals surface area contributed by atoms with E-state index in [-0.39, 0.29) is 49.0 Å². The number of nitrogens with two attached hydrogens (primary N) is 1. The van der Waals surface area contributed by atoms with Crippen molar-refractivity contribution in [1.29, 1.82) is 0 Å². The Balaban J connectivity index is 1.60. The number of amides is 2. The van der Waals surface area contributed by atoms with Gasteiger partial charge in [0.2, 0.25) is 11.8 Å². The molecule has 2 amide bonds. The van der Waals surface area contributed by atoms with Crippen LogP contribution in [0.1, 0.15) is 42.6 Å². The number of carbonyl (C=O) groups is 2. The standard InChI is InChI=1S/C17H22F3N5O2/c18-17(19,20)16-12-4-6-25(9-13(12)22-10-23-16)15(27)7-11(21)8-24-5-2-1-3-14(24)26/h10-11H,1-9,21H2/t11-/m0/s1. The smallest absolute Gasteiger partial charge is 0.341 e. The minimum Gasteiger partial charge on any atom is -0.341 e. The zero-order chi connectivity index (χ0) is 19.6. The molecule has 3 rings (SSSR count). The average Bonchev–Trinajstić information content (AvgIpc) is 2.61. The van der Waals surface area contributed by atoms with Crippen LogP contribution in [0, 0.1) is 0 Å². The second-order valence-corrected chi connectivity index (χ2v) is 6.97. The van der Waals surface area contributed by atoms with Gasteiger partial charge in [0.15, 0.2) is 5.69 Å². The van der Waals surface area contributed by atoms with Crippen molar-refractivity contribution in [3.8, 4) is 0 Å². The molecule has 27 heavy (non-hydrogen) atoms. The molecule has 7 nitrogen and oxygen atoms in total. The van der Waals surface area contributed by atoms with Gasteiger partial charge in [-0.05, 0) is 19.3 Å². The number of halogens is 3. The molecule has 1 atom stereocenters. The van der Waals surface area contributed by atoms with E-state index in [2.05, 4.69) is 9.97 Å². The van der Waals surface area contributed by atoms with E-state index in [1.165, 1.54) is 4.90 Å². The number of nitrogens with zero attached hydrogens (tertiary/aromatic N) is 4. The fraction of sp³-hybridized carbons (Fsp3) is 0.647. The molecule has 0 aliphatic carbocycles. The van der Waals surface area contributed by atoms with Crippen LogP contribution in [0.15, 0.2) is 6.33 Å². The summed E-state index contributed by atoms with van der Waals surface area (Å²) < 4.78 is 39.1.